The molecule has 0 aliphatic heterocycles. The fourth-order valence-corrected chi connectivity index (χ4v) is 1.93. The standard InChI is InChI=1S/C9H9NS/c1-7-4-5-10-9(7)8-3-2-6-11-8/h2-6,10H,1H3. The zero-order chi connectivity index (χ0) is 7.68. The number of aryl methyl sites for hydroxylation is 1. The smallest absolute Gasteiger partial charge is 0.0585 e. The van der Waals surface area contributed by atoms with Crippen molar-refractivity contribution in [2.75, 3.05) is 0 Å². The quantitative estimate of drug-likeness (QED) is 0.665. The summed E-state index contributed by atoms with van der Waals surface area (Å²) in [6, 6.07) is 6.29. The highest BCUT2D eigenvalue weighted by Crippen LogP contribution is 2.25. The minimum atomic E-state index is 1.25. The molecule has 56 valence electrons. The summed E-state index contributed by atoms with van der Waals surface area (Å²) in [5.74, 6) is 0. The van der Waals surface area contributed by atoms with Crippen LogP contribution in [0.2, 0.25) is 0 Å². The van der Waals surface area contributed by atoms with Gasteiger partial charge in [-0.05, 0) is 30.0 Å². The lowest BCUT2D eigenvalue weighted by Gasteiger charge is -1.92. The van der Waals surface area contributed by atoms with Gasteiger partial charge in [0.15, 0.2) is 0 Å². The molecule has 2 rings (SSSR count). The average Bonchev–Trinajstić information content (AvgIpc) is 2.55. The molecule has 0 bridgehead atoms. The summed E-state index contributed by atoms with van der Waals surface area (Å²) in [6.45, 7) is 2.12. The molecular formula is C9H9NS. The Labute approximate surface area is 69.7 Å². The first-order valence-corrected chi connectivity index (χ1v) is 4.44. The summed E-state index contributed by atoms with van der Waals surface area (Å²) in [7, 11) is 0. The molecule has 0 atom stereocenters. The number of rotatable bonds is 1. The van der Waals surface area contributed by atoms with E-state index in [-0.39, 0.29) is 0 Å². The molecule has 0 aliphatic carbocycles. The SMILES string of the molecule is Cc1cc[nH]c1-c1cccs1. The van der Waals surface area contributed by atoms with Crippen molar-refractivity contribution in [3.63, 3.8) is 0 Å². The first-order chi connectivity index (χ1) is 5.38. The summed E-state index contributed by atoms with van der Waals surface area (Å²) in [5.41, 5.74) is 2.56. The van der Waals surface area contributed by atoms with Crippen molar-refractivity contribution in [2.45, 2.75) is 6.92 Å². The van der Waals surface area contributed by atoms with Crippen LogP contribution in [0, 0.1) is 6.92 Å². The van der Waals surface area contributed by atoms with Crippen molar-refractivity contribution in [1.29, 1.82) is 0 Å². The van der Waals surface area contributed by atoms with Crippen molar-refractivity contribution in [2.24, 2.45) is 0 Å². The summed E-state index contributed by atoms with van der Waals surface area (Å²) in [6.07, 6.45) is 1.98. The highest BCUT2D eigenvalue weighted by atomic mass is 32.1. The molecule has 0 unspecified atom stereocenters. The van der Waals surface area contributed by atoms with Gasteiger partial charge >= 0.3 is 0 Å². The van der Waals surface area contributed by atoms with Crippen LogP contribution in [0.15, 0.2) is 29.8 Å². The maximum absolute atomic E-state index is 3.22. The molecule has 0 saturated heterocycles. The Hall–Kier alpha value is -1.02. The van der Waals surface area contributed by atoms with Crippen molar-refractivity contribution in [1.82, 2.24) is 4.98 Å². The van der Waals surface area contributed by atoms with Crippen molar-refractivity contribution in [3.8, 4) is 10.6 Å². The molecular weight excluding hydrogens is 154 g/mol. The second-order valence-corrected chi connectivity index (χ2v) is 3.46. The van der Waals surface area contributed by atoms with Gasteiger partial charge in [0.05, 0.1) is 10.6 Å². The largest absolute Gasteiger partial charge is 0.360 e. The van der Waals surface area contributed by atoms with E-state index < -0.39 is 0 Å². The van der Waals surface area contributed by atoms with E-state index in [0.29, 0.717) is 0 Å². The molecule has 11 heavy (non-hydrogen) atoms. The van der Waals surface area contributed by atoms with E-state index in [9.17, 15) is 0 Å². The molecule has 1 N–H and O–H groups in total. The zero-order valence-corrected chi connectivity index (χ0v) is 7.11. The zero-order valence-electron chi connectivity index (χ0n) is 6.29. The molecule has 0 amide bonds. The monoisotopic (exact) mass is 163 g/mol. The predicted molar refractivity (Wildman–Crippen MR) is 48.8 cm³/mol. The summed E-state index contributed by atoms with van der Waals surface area (Å²) >= 11 is 1.76. The minimum absolute atomic E-state index is 1.25. The van der Waals surface area contributed by atoms with Crippen LogP contribution in [-0.2, 0) is 0 Å². The van der Waals surface area contributed by atoms with Gasteiger partial charge in [-0.25, -0.2) is 0 Å². The highest BCUT2D eigenvalue weighted by Gasteiger charge is 2.01. The highest BCUT2D eigenvalue weighted by molar-refractivity contribution is 7.13. The van der Waals surface area contributed by atoms with Gasteiger partial charge in [-0.15, -0.1) is 11.3 Å². The average molecular weight is 163 g/mol. The van der Waals surface area contributed by atoms with Crippen molar-refractivity contribution in [3.05, 3.63) is 35.3 Å². The number of aromatic nitrogens is 1. The normalized spacial score (nSPS) is 10.3. The Bertz CT molecular complexity index is 332. The Morgan fingerprint density at radius 2 is 2.27 bits per heavy atom. The summed E-state index contributed by atoms with van der Waals surface area (Å²) in [4.78, 5) is 4.53. The molecule has 2 aromatic rings. The van der Waals surface area contributed by atoms with E-state index in [1.165, 1.54) is 16.1 Å². The number of hydrogen-bond acceptors (Lipinski definition) is 1. The Balaban J connectivity index is 2.53. The minimum Gasteiger partial charge on any atom is -0.360 e. The molecule has 0 fully saturated rings. The lowest BCUT2D eigenvalue weighted by molar-refractivity contribution is 1.40. The molecule has 2 heterocycles. The number of nitrogens with one attached hydrogen (secondary N) is 1. The number of hydrogen-bond donors (Lipinski definition) is 1. The molecule has 2 heteroatoms. The van der Waals surface area contributed by atoms with Crippen LogP contribution >= 0.6 is 11.3 Å². The van der Waals surface area contributed by atoms with Gasteiger partial charge in [0, 0.05) is 6.20 Å². The second kappa shape index (κ2) is 2.55. The van der Waals surface area contributed by atoms with E-state index in [1.54, 1.807) is 11.3 Å². The molecule has 1 nitrogen and oxygen atoms in total. The Morgan fingerprint density at radius 3 is 2.82 bits per heavy atom. The first-order valence-electron chi connectivity index (χ1n) is 3.56. The third kappa shape index (κ3) is 1.10. The Kier molecular flexibility index (Phi) is 1.55. The van der Waals surface area contributed by atoms with Gasteiger partial charge in [-0.1, -0.05) is 6.07 Å². The fourth-order valence-electron chi connectivity index (χ4n) is 1.13. The summed E-state index contributed by atoms with van der Waals surface area (Å²) < 4.78 is 0. The van der Waals surface area contributed by atoms with Gasteiger partial charge in [0.1, 0.15) is 0 Å². The van der Waals surface area contributed by atoms with Crippen molar-refractivity contribution < 1.29 is 0 Å². The molecule has 0 saturated carbocycles. The molecule has 0 radical (unpaired) electrons. The van der Waals surface area contributed by atoms with E-state index in [0.717, 1.165) is 0 Å². The van der Waals surface area contributed by atoms with Gasteiger partial charge in [-0.2, -0.15) is 0 Å². The number of H-pyrrole nitrogens is 1. The predicted octanol–water partition coefficient (Wildman–Crippen LogP) is 3.05. The van der Waals surface area contributed by atoms with Gasteiger partial charge in [0.2, 0.25) is 0 Å². The van der Waals surface area contributed by atoms with Crippen LogP contribution in [0.25, 0.3) is 10.6 Å². The van der Waals surface area contributed by atoms with Crippen molar-refractivity contribution >= 4 is 11.3 Å². The maximum Gasteiger partial charge on any atom is 0.0585 e. The van der Waals surface area contributed by atoms with Gasteiger partial charge in [0.25, 0.3) is 0 Å². The molecule has 0 aromatic carbocycles. The Morgan fingerprint density at radius 1 is 1.36 bits per heavy atom. The lowest BCUT2D eigenvalue weighted by atomic mass is 10.2. The number of thiophene rings is 1. The van der Waals surface area contributed by atoms with Crippen LogP contribution in [0.1, 0.15) is 5.56 Å². The molecule has 0 aliphatic rings. The number of aromatic amines is 1. The fraction of sp³-hybridized carbons (Fsp3) is 0.111. The van der Waals surface area contributed by atoms with E-state index in [4.69, 9.17) is 0 Å². The summed E-state index contributed by atoms with van der Waals surface area (Å²) in [5, 5.41) is 2.09. The van der Waals surface area contributed by atoms with Crippen LogP contribution in [0.4, 0.5) is 0 Å². The van der Waals surface area contributed by atoms with Crippen LogP contribution in [0.3, 0.4) is 0 Å². The first kappa shape index (κ1) is 6.68. The lowest BCUT2D eigenvalue weighted by Crippen LogP contribution is -1.72. The van der Waals surface area contributed by atoms with E-state index >= 15 is 0 Å². The van der Waals surface area contributed by atoms with Crippen LogP contribution in [0.5, 0.6) is 0 Å². The molecule has 2 aromatic heterocycles. The topological polar surface area (TPSA) is 15.8 Å². The second-order valence-electron chi connectivity index (χ2n) is 2.51. The van der Waals surface area contributed by atoms with E-state index in [1.807, 2.05) is 6.20 Å². The molecule has 0 spiro atoms. The van der Waals surface area contributed by atoms with Crippen LogP contribution in [-0.4, -0.2) is 4.98 Å². The third-order valence-electron chi connectivity index (χ3n) is 1.72. The van der Waals surface area contributed by atoms with Gasteiger partial charge < -0.3 is 4.98 Å². The maximum atomic E-state index is 3.22. The van der Waals surface area contributed by atoms with Crippen LogP contribution < -0.4 is 0 Å². The third-order valence-corrected chi connectivity index (χ3v) is 2.61. The van der Waals surface area contributed by atoms with E-state index in [2.05, 4.69) is 35.5 Å². The van der Waals surface area contributed by atoms with Gasteiger partial charge in [-0.3, -0.25) is 0 Å².